The molecular weight excluding hydrogens is 965 g/mol. The summed E-state index contributed by atoms with van der Waals surface area (Å²) in [6.07, 6.45) is 6.28. The molecule has 3 aliphatic heterocycles. The number of benzene rings is 1. The number of likely N-dealkylation sites (N-methyl/N-ethyl adjacent to an activating group) is 1. The van der Waals surface area contributed by atoms with Gasteiger partial charge in [-0.1, -0.05) is 80.4 Å². The quantitative estimate of drug-likeness (QED) is 0.0645. The van der Waals surface area contributed by atoms with Crippen LogP contribution in [0.15, 0.2) is 36.4 Å². The summed E-state index contributed by atoms with van der Waals surface area (Å²) < 4.78 is 17.6. The third-order valence-electron chi connectivity index (χ3n) is 15.1. The van der Waals surface area contributed by atoms with Crippen molar-refractivity contribution in [1.82, 2.24) is 35.6 Å². The number of hydrogen-bond acceptors (Lipinski definition) is 12. The lowest BCUT2D eigenvalue weighted by Gasteiger charge is -2.41. The minimum atomic E-state index is -1.31. The molecule has 20 nitrogen and oxygen atoms in total. The number of carbonyl (C=O) groups is 9. The molecule has 0 radical (unpaired) electrons. The van der Waals surface area contributed by atoms with E-state index in [-0.39, 0.29) is 104 Å². The number of nitrogens with one attached hydrogen (secondary N) is 4. The molecule has 20 heteroatoms. The van der Waals surface area contributed by atoms with E-state index in [9.17, 15) is 43.2 Å². The van der Waals surface area contributed by atoms with Gasteiger partial charge in [-0.3, -0.25) is 48.2 Å². The van der Waals surface area contributed by atoms with E-state index in [0.717, 1.165) is 17.7 Å². The standard InChI is InChI=1S/C55H86N8O12/c1-13-37(8)49(41(73-11)31-46(68)61-29-17-19-40(61)50(74-12)36(6)7)60(10)52(70)48(35(4)5)59-53(71)55(9)27-18-30-63(55)54(72)75-33-38-21-23-39(24-22-38)57-43(65)32-56-51(69)47(34(2)3)58-42(64)20-15-14-16-28-62-44(66)25-26-45(62)67/h21-26,34-37,40-41,47-50H,13-20,27-33H2,1-12H3,(H,56,69)(H,57,65)(H,58,64)(H,59,71)/t37?,40?,41?,47?,48-,49?,50?,55-/m0/s1. The summed E-state index contributed by atoms with van der Waals surface area (Å²) in [5, 5.41) is 11.0. The van der Waals surface area contributed by atoms with Gasteiger partial charge in [-0.05, 0) is 86.8 Å². The third kappa shape index (κ3) is 16.6. The van der Waals surface area contributed by atoms with E-state index < -0.39 is 53.6 Å². The summed E-state index contributed by atoms with van der Waals surface area (Å²) in [5.41, 5.74) is -0.274. The van der Waals surface area contributed by atoms with E-state index in [2.05, 4.69) is 35.1 Å². The fraction of sp³-hybridized carbons (Fsp3) is 0.691. The van der Waals surface area contributed by atoms with Crippen LogP contribution in [-0.4, -0.2) is 162 Å². The average Bonchev–Trinajstić information content (AvgIpc) is 4.11. The Morgan fingerprint density at radius 3 is 2.04 bits per heavy atom. The van der Waals surface area contributed by atoms with Gasteiger partial charge in [-0.15, -0.1) is 0 Å². The molecule has 2 saturated heterocycles. The number of likely N-dealkylation sites (tertiary alicyclic amines) is 2. The summed E-state index contributed by atoms with van der Waals surface area (Å²) in [7, 11) is 4.94. The summed E-state index contributed by atoms with van der Waals surface area (Å²) in [6, 6.07) is 4.23. The van der Waals surface area contributed by atoms with Crippen LogP contribution in [0, 0.1) is 23.7 Å². The Labute approximate surface area is 444 Å². The molecule has 0 spiro atoms. The minimum absolute atomic E-state index is 0.0429. The maximum absolute atomic E-state index is 14.6. The number of nitrogens with zero attached hydrogens (tertiary/aromatic N) is 4. The lowest BCUT2D eigenvalue weighted by molar-refractivity contribution is -0.147. The lowest BCUT2D eigenvalue weighted by atomic mass is 9.89. The van der Waals surface area contributed by atoms with Gasteiger partial charge in [0, 0.05) is 65.2 Å². The van der Waals surface area contributed by atoms with Crippen molar-refractivity contribution in [2.75, 3.05) is 52.8 Å². The van der Waals surface area contributed by atoms with Crippen molar-refractivity contribution in [2.45, 2.75) is 175 Å². The van der Waals surface area contributed by atoms with Crippen LogP contribution in [0.4, 0.5) is 10.5 Å². The van der Waals surface area contributed by atoms with Crippen LogP contribution in [0.3, 0.4) is 0 Å². The normalized spacial score (nSPS) is 20.0. The van der Waals surface area contributed by atoms with E-state index in [4.69, 9.17) is 14.2 Å². The topological polar surface area (TPSA) is 242 Å². The average molecular weight is 1050 g/mol. The van der Waals surface area contributed by atoms with Gasteiger partial charge < -0.3 is 45.3 Å². The molecule has 1 aromatic carbocycles. The van der Waals surface area contributed by atoms with Crippen LogP contribution in [0.2, 0.25) is 0 Å². The molecule has 75 heavy (non-hydrogen) atoms. The smallest absolute Gasteiger partial charge is 0.410 e. The first-order valence-electron chi connectivity index (χ1n) is 26.9. The van der Waals surface area contributed by atoms with Crippen molar-refractivity contribution in [3.8, 4) is 0 Å². The number of hydrogen-bond donors (Lipinski definition) is 4. The molecule has 3 heterocycles. The van der Waals surface area contributed by atoms with Gasteiger partial charge in [0.1, 0.15) is 24.2 Å². The summed E-state index contributed by atoms with van der Waals surface area (Å²) in [5.74, 6) is -3.32. The second-order valence-corrected chi connectivity index (χ2v) is 21.5. The molecule has 3 aliphatic rings. The Balaban J connectivity index is 1.28. The second kappa shape index (κ2) is 28.9. The highest BCUT2D eigenvalue weighted by atomic mass is 16.6. The summed E-state index contributed by atoms with van der Waals surface area (Å²) in [4.78, 5) is 125. The van der Waals surface area contributed by atoms with E-state index in [1.165, 1.54) is 17.1 Å². The van der Waals surface area contributed by atoms with E-state index >= 15 is 0 Å². The molecule has 0 aromatic heterocycles. The fourth-order valence-corrected chi connectivity index (χ4v) is 10.4. The summed E-state index contributed by atoms with van der Waals surface area (Å²) in [6.45, 7) is 17.9. The number of rotatable bonds is 28. The number of methoxy groups -OCH3 is 2. The first kappa shape index (κ1) is 61.7. The van der Waals surface area contributed by atoms with Crippen molar-refractivity contribution < 1.29 is 57.4 Å². The van der Waals surface area contributed by atoms with Gasteiger partial charge in [0.15, 0.2) is 0 Å². The predicted octanol–water partition coefficient (Wildman–Crippen LogP) is 4.94. The zero-order valence-electron chi connectivity index (χ0n) is 46.5. The molecule has 418 valence electrons. The molecule has 1 aromatic rings. The third-order valence-corrected chi connectivity index (χ3v) is 15.1. The van der Waals surface area contributed by atoms with Crippen molar-refractivity contribution in [3.05, 3.63) is 42.0 Å². The number of anilines is 1. The highest BCUT2D eigenvalue weighted by Crippen LogP contribution is 2.32. The number of imide groups is 1. The van der Waals surface area contributed by atoms with Crippen LogP contribution >= 0.6 is 0 Å². The molecule has 0 bridgehead atoms. The van der Waals surface area contributed by atoms with Crippen LogP contribution in [0.5, 0.6) is 0 Å². The molecule has 0 saturated carbocycles. The lowest BCUT2D eigenvalue weighted by Crippen LogP contribution is -2.62. The minimum Gasteiger partial charge on any atom is -0.445 e. The van der Waals surface area contributed by atoms with Crippen molar-refractivity contribution in [1.29, 1.82) is 0 Å². The molecule has 2 fully saturated rings. The second-order valence-electron chi connectivity index (χ2n) is 21.5. The molecular formula is C55H86N8O12. The van der Waals surface area contributed by atoms with Gasteiger partial charge in [0.25, 0.3) is 11.8 Å². The number of ether oxygens (including phenoxy) is 3. The van der Waals surface area contributed by atoms with Crippen LogP contribution < -0.4 is 21.3 Å². The SMILES string of the molecule is CCC(C)C(C(CC(=O)N1CCCC1C(OC)C(C)C)OC)N(C)C(=O)[C@@H](NC(=O)[C@]1(C)CCCN1C(=O)OCc1ccc(NC(=O)CNC(=O)C(NC(=O)CCCCCN2C(=O)C=CC2=O)C(C)C)cc1)C(C)C. The van der Waals surface area contributed by atoms with Crippen molar-refractivity contribution in [2.24, 2.45) is 23.7 Å². The largest absolute Gasteiger partial charge is 0.445 e. The Bertz CT molecular complexity index is 2170. The first-order chi connectivity index (χ1) is 35.5. The number of unbranched alkanes of at least 4 members (excludes halogenated alkanes) is 2. The van der Waals surface area contributed by atoms with Crippen LogP contribution in [0.25, 0.3) is 0 Å². The molecule has 6 unspecified atom stereocenters. The zero-order valence-corrected chi connectivity index (χ0v) is 46.5. The highest BCUT2D eigenvalue weighted by Gasteiger charge is 2.49. The van der Waals surface area contributed by atoms with Gasteiger partial charge in [-0.2, -0.15) is 0 Å². The first-order valence-corrected chi connectivity index (χ1v) is 26.9. The van der Waals surface area contributed by atoms with Gasteiger partial charge in [0.2, 0.25) is 35.4 Å². The Hall–Kier alpha value is -5.89. The fourth-order valence-electron chi connectivity index (χ4n) is 10.4. The molecule has 8 atom stereocenters. The van der Waals surface area contributed by atoms with E-state index in [1.54, 1.807) is 71.2 Å². The summed E-state index contributed by atoms with van der Waals surface area (Å²) >= 11 is 0. The van der Waals surface area contributed by atoms with Crippen molar-refractivity contribution in [3.63, 3.8) is 0 Å². The van der Waals surface area contributed by atoms with Gasteiger partial charge >= 0.3 is 6.09 Å². The Kier molecular flexibility index (Phi) is 23.7. The predicted molar refractivity (Wildman–Crippen MR) is 282 cm³/mol. The monoisotopic (exact) mass is 1050 g/mol. The number of carbonyl (C=O) groups excluding carboxylic acids is 9. The maximum Gasteiger partial charge on any atom is 0.410 e. The molecule has 4 N–H and O–H groups in total. The number of amides is 9. The Morgan fingerprint density at radius 1 is 0.800 bits per heavy atom. The van der Waals surface area contributed by atoms with Crippen LogP contribution in [0.1, 0.15) is 132 Å². The van der Waals surface area contributed by atoms with Gasteiger partial charge in [0.05, 0.1) is 37.3 Å². The van der Waals surface area contributed by atoms with Crippen LogP contribution in [-0.2, 0) is 59.2 Å². The van der Waals surface area contributed by atoms with E-state index in [1.807, 2.05) is 32.6 Å². The Morgan fingerprint density at radius 2 is 1.45 bits per heavy atom. The van der Waals surface area contributed by atoms with Crippen molar-refractivity contribution >= 4 is 59.0 Å². The zero-order chi connectivity index (χ0) is 55.7. The van der Waals surface area contributed by atoms with E-state index in [0.29, 0.717) is 56.3 Å². The molecule has 9 amide bonds. The maximum atomic E-state index is 14.6. The molecule has 4 rings (SSSR count). The highest BCUT2D eigenvalue weighted by molar-refractivity contribution is 6.12. The van der Waals surface area contributed by atoms with Gasteiger partial charge in [-0.25, -0.2) is 4.79 Å². The molecule has 0 aliphatic carbocycles.